The Morgan fingerprint density at radius 3 is 2.22 bits per heavy atom. The van der Waals surface area contributed by atoms with Crippen molar-refractivity contribution in [2.75, 3.05) is 20.2 Å². The summed E-state index contributed by atoms with van der Waals surface area (Å²) in [5, 5.41) is 0. The van der Waals surface area contributed by atoms with Crippen LogP contribution >= 0.6 is 0 Å². The summed E-state index contributed by atoms with van der Waals surface area (Å²) in [4.78, 5) is 29.8. The standard InChI is InChI=1S/C30H30N2O4/c1-35-28(33)15-13-23-12-14-27-26(20-23)29(34)32(22-25-10-6-3-7-11-25)30(36-27)16-18-31(19-17-30)21-24-8-4-2-5-9-24/h2-15,20H,16-19,21-22H2,1H3/b15-13+. The topological polar surface area (TPSA) is 59.1 Å². The lowest BCUT2D eigenvalue weighted by atomic mass is 9.93. The van der Waals surface area contributed by atoms with Gasteiger partial charge in [0.2, 0.25) is 0 Å². The number of hydrogen-bond acceptors (Lipinski definition) is 5. The molecule has 1 amide bonds. The molecular weight excluding hydrogens is 452 g/mol. The average Bonchev–Trinajstić information content (AvgIpc) is 2.92. The molecule has 2 heterocycles. The number of benzene rings is 3. The molecule has 6 nitrogen and oxygen atoms in total. The third kappa shape index (κ3) is 5.04. The molecule has 6 heteroatoms. The van der Waals surface area contributed by atoms with Crippen LogP contribution in [0.5, 0.6) is 5.75 Å². The van der Waals surface area contributed by atoms with E-state index < -0.39 is 11.7 Å². The molecule has 1 saturated heterocycles. The summed E-state index contributed by atoms with van der Waals surface area (Å²) in [7, 11) is 1.34. The minimum Gasteiger partial charge on any atom is -0.467 e. The molecule has 1 fully saturated rings. The van der Waals surface area contributed by atoms with Gasteiger partial charge >= 0.3 is 5.97 Å². The molecule has 2 aliphatic rings. The van der Waals surface area contributed by atoms with Gasteiger partial charge in [0.15, 0.2) is 5.72 Å². The Bertz CT molecular complexity index is 1250. The first-order valence-corrected chi connectivity index (χ1v) is 12.3. The van der Waals surface area contributed by atoms with Crippen molar-refractivity contribution in [1.29, 1.82) is 0 Å². The lowest BCUT2D eigenvalue weighted by Gasteiger charge is -2.51. The summed E-state index contributed by atoms with van der Waals surface area (Å²) in [6, 6.07) is 26.0. The van der Waals surface area contributed by atoms with Gasteiger partial charge in [-0.25, -0.2) is 4.79 Å². The minimum absolute atomic E-state index is 0.0510. The summed E-state index contributed by atoms with van der Waals surface area (Å²) in [6.07, 6.45) is 4.44. The van der Waals surface area contributed by atoms with Crippen LogP contribution in [0.3, 0.4) is 0 Å². The van der Waals surface area contributed by atoms with E-state index in [1.807, 2.05) is 53.4 Å². The van der Waals surface area contributed by atoms with E-state index in [-0.39, 0.29) is 5.91 Å². The van der Waals surface area contributed by atoms with Gasteiger partial charge in [0.05, 0.1) is 12.7 Å². The van der Waals surface area contributed by atoms with Crippen LogP contribution < -0.4 is 4.74 Å². The number of carbonyl (C=O) groups is 2. The summed E-state index contributed by atoms with van der Waals surface area (Å²) in [5.41, 5.74) is 2.90. The van der Waals surface area contributed by atoms with Gasteiger partial charge in [-0.15, -0.1) is 0 Å². The summed E-state index contributed by atoms with van der Waals surface area (Å²) in [6.45, 7) is 3.03. The monoisotopic (exact) mass is 482 g/mol. The fourth-order valence-electron chi connectivity index (χ4n) is 4.99. The second-order valence-corrected chi connectivity index (χ2v) is 9.30. The number of methoxy groups -OCH3 is 1. The SMILES string of the molecule is COC(=O)/C=C/c1ccc2c(c1)C(=O)N(Cc1ccccc1)C1(CCN(Cc3ccccc3)CC1)O2. The Balaban J connectivity index is 1.42. The Labute approximate surface area is 211 Å². The third-order valence-corrected chi connectivity index (χ3v) is 6.95. The smallest absolute Gasteiger partial charge is 0.330 e. The normalized spacial score (nSPS) is 17.1. The Morgan fingerprint density at radius 1 is 0.944 bits per heavy atom. The molecule has 0 aromatic heterocycles. The molecule has 0 unspecified atom stereocenters. The molecule has 3 aromatic carbocycles. The molecule has 36 heavy (non-hydrogen) atoms. The van der Waals surface area contributed by atoms with E-state index in [0.29, 0.717) is 17.9 Å². The zero-order chi connectivity index (χ0) is 25.0. The Hall–Kier alpha value is -3.90. The molecular formula is C30H30N2O4. The van der Waals surface area contributed by atoms with Gasteiger partial charge in [-0.1, -0.05) is 66.7 Å². The maximum atomic E-state index is 13.9. The highest BCUT2D eigenvalue weighted by molar-refractivity contribution is 5.99. The van der Waals surface area contributed by atoms with Gasteiger partial charge in [-0.2, -0.15) is 0 Å². The van der Waals surface area contributed by atoms with Crippen molar-refractivity contribution in [2.24, 2.45) is 0 Å². The molecule has 3 aromatic rings. The number of piperidine rings is 1. The number of esters is 1. The van der Waals surface area contributed by atoms with E-state index in [4.69, 9.17) is 4.74 Å². The number of hydrogen-bond donors (Lipinski definition) is 0. The maximum absolute atomic E-state index is 13.9. The fraction of sp³-hybridized carbons (Fsp3) is 0.267. The first kappa shape index (κ1) is 23.8. The van der Waals surface area contributed by atoms with Crippen LogP contribution in [-0.4, -0.2) is 47.6 Å². The van der Waals surface area contributed by atoms with Crippen molar-refractivity contribution in [2.45, 2.75) is 31.7 Å². The number of carbonyl (C=O) groups excluding carboxylic acids is 2. The van der Waals surface area contributed by atoms with Crippen molar-refractivity contribution >= 4 is 18.0 Å². The molecule has 5 rings (SSSR count). The molecule has 184 valence electrons. The number of fused-ring (bicyclic) bond motifs is 1. The zero-order valence-electron chi connectivity index (χ0n) is 20.4. The molecule has 1 spiro atoms. The van der Waals surface area contributed by atoms with Crippen LogP contribution in [0.25, 0.3) is 6.08 Å². The van der Waals surface area contributed by atoms with Crippen molar-refractivity contribution in [1.82, 2.24) is 9.80 Å². The summed E-state index contributed by atoms with van der Waals surface area (Å²) >= 11 is 0. The number of rotatable bonds is 6. The van der Waals surface area contributed by atoms with E-state index >= 15 is 0 Å². The number of likely N-dealkylation sites (tertiary alicyclic amines) is 1. The fourth-order valence-corrected chi connectivity index (χ4v) is 4.99. The van der Waals surface area contributed by atoms with Gasteiger partial charge in [0, 0.05) is 45.1 Å². The molecule has 0 atom stereocenters. The largest absolute Gasteiger partial charge is 0.467 e. The average molecular weight is 483 g/mol. The van der Waals surface area contributed by atoms with E-state index in [0.717, 1.165) is 43.6 Å². The van der Waals surface area contributed by atoms with Gasteiger partial charge in [-0.3, -0.25) is 14.6 Å². The predicted molar refractivity (Wildman–Crippen MR) is 138 cm³/mol. The van der Waals surface area contributed by atoms with Crippen LogP contribution in [0.4, 0.5) is 0 Å². The van der Waals surface area contributed by atoms with E-state index in [2.05, 4.69) is 33.9 Å². The molecule has 0 aliphatic carbocycles. The maximum Gasteiger partial charge on any atom is 0.330 e. The molecule has 2 aliphatic heterocycles. The second-order valence-electron chi connectivity index (χ2n) is 9.30. The van der Waals surface area contributed by atoms with Crippen LogP contribution in [-0.2, 0) is 22.6 Å². The Morgan fingerprint density at radius 2 is 1.58 bits per heavy atom. The van der Waals surface area contributed by atoms with Crippen molar-refractivity contribution in [3.05, 3.63) is 107 Å². The van der Waals surface area contributed by atoms with Gasteiger partial charge < -0.3 is 9.47 Å². The lowest BCUT2D eigenvalue weighted by molar-refractivity contribution is -0.134. The predicted octanol–water partition coefficient (Wildman–Crippen LogP) is 4.90. The summed E-state index contributed by atoms with van der Waals surface area (Å²) < 4.78 is 11.4. The molecule has 0 saturated carbocycles. The van der Waals surface area contributed by atoms with E-state index in [1.165, 1.54) is 18.7 Å². The van der Waals surface area contributed by atoms with Crippen LogP contribution in [0.1, 0.15) is 39.9 Å². The number of amides is 1. The molecule has 0 radical (unpaired) electrons. The van der Waals surface area contributed by atoms with Crippen molar-refractivity contribution in [3.8, 4) is 5.75 Å². The van der Waals surface area contributed by atoms with Crippen molar-refractivity contribution < 1.29 is 19.1 Å². The molecule has 0 N–H and O–H groups in total. The number of ether oxygens (including phenoxy) is 2. The minimum atomic E-state index is -0.698. The van der Waals surface area contributed by atoms with Crippen LogP contribution in [0, 0.1) is 0 Å². The highest BCUT2D eigenvalue weighted by Gasteiger charge is 2.48. The van der Waals surface area contributed by atoms with Gasteiger partial charge in [0.1, 0.15) is 5.75 Å². The highest BCUT2D eigenvalue weighted by atomic mass is 16.5. The van der Waals surface area contributed by atoms with Gasteiger partial charge in [0.25, 0.3) is 5.91 Å². The lowest BCUT2D eigenvalue weighted by Crippen LogP contribution is -2.62. The first-order chi connectivity index (χ1) is 17.6. The van der Waals surface area contributed by atoms with Gasteiger partial charge in [-0.05, 0) is 34.9 Å². The van der Waals surface area contributed by atoms with E-state index in [9.17, 15) is 9.59 Å². The Kier molecular flexibility index (Phi) is 6.87. The first-order valence-electron chi connectivity index (χ1n) is 12.3. The van der Waals surface area contributed by atoms with Crippen LogP contribution in [0.2, 0.25) is 0 Å². The quantitative estimate of drug-likeness (QED) is 0.370. The third-order valence-electron chi connectivity index (χ3n) is 6.95. The van der Waals surface area contributed by atoms with E-state index in [1.54, 1.807) is 12.1 Å². The second kappa shape index (κ2) is 10.4. The zero-order valence-corrected chi connectivity index (χ0v) is 20.4. The molecule has 0 bridgehead atoms. The highest BCUT2D eigenvalue weighted by Crippen LogP contribution is 2.41. The van der Waals surface area contributed by atoms with Crippen LogP contribution in [0.15, 0.2) is 84.9 Å². The number of nitrogens with zero attached hydrogens (tertiary/aromatic N) is 2. The summed E-state index contributed by atoms with van der Waals surface area (Å²) in [5.74, 6) is 0.100. The van der Waals surface area contributed by atoms with Crippen molar-refractivity contribution in [3.63, 3.8) is 0 Å².